The predicted molar refractivity (Wildman–Crippen MR) is 111 cm³/mol. The van der Waals surface area contributed by atoms with E-state index in [1.807, 2.05) is 0 Å². The number of amides is 1. The number of hydrogen-bond donors (Lipinski definition) is 1. The number of carbonyl (C=O) groups excluding carboxylic acids is 1. The number of rotatable bonds is 5. The molecule has 1 N–H and O–H groups in total. The van der Waals surface area contributed by atoms with Gasteiger partial charge < -0.3 is 5.32 Å². The van der Waals surface area contributed by atoms with E-state index in [0.717, 1.165) is 27.2 Å². The van der Waals surface area contributed by atoms with Crippen molar-refractivity contribution in [2.45, 2.75) is 43.7 Å². The SMILES string of the molecule is C[C@@H]1CCCC[C@@H]1NC(=O)CSc1ncnc2c(-c3ccc(F)cc3)nsc12. The average Bonchev–Trinajstić information content (AvgIpc) is 3.13. The molecule has 1 aliphatic rings. The summed E-state index contributed by atoms with van der Waals surface area (Å²) < 4.78 is 18.5. The minimum Gasteiger partial charge on any atom is -0.352 e. The van der Waals surface area contributed by atoms with E-state index in [1.54, 1.807) is 12.1 Å². The highest BCUT2D eigenvalue weighted by Gasteiger charge is 2.23. The van der Waals surface area contributed by atoms with E-state index in [1.165, 1.54) is 61.0 Å². The molecule has 2 heterocycles. The maximum absolute atomic E-state index is 13.2. The molecule has 1 aliphatic carbocycles. The molecule has 3 aromatic rings. The molecule has 0 aliphatic heterocycles. The Balaban J connectivity index is 1.47. The molecule has 1 fully saturated rings. The highest BCUT2D eigenvalue weighted by atomic mass is 32.2. The molecular formula is C20H21FN4OS2. The van der Waals surface area contributed by atoms with Gasteiger partial charge in [0.25, 0.3) is 0 Å². The van der Waals surface area contributed by atoms with Gasteiger partial charge in [-0.3, -0.25) is 4.79 Å². The van der Waals surface area contributed by atoms with E-state index in [-0.39, 0.29) is 17.8 Å². The van der Waals surface area contributed by atoms with Crippen LogP contribution in [0.25, 0.3) is 21.5 Å². The van der Waals surface area contributed by atoms with Gasteiger partial charge in [-0.15, -0.1) is 0 Å². The lowest BCUT2D eigenvalue weighted by Gasteiger charge is -2.29. The molecule has 8 heteroatoms. The Morgan fingerprint density at radius 3 is 2.82 bits per heavy atom. The molecule has 1 saturated carbocycles. The van der Waals surface area contributed by atoms with Crippen LogP contribution in [-0.4, -0.2) is 32.0 Å². The molecule has 146 valence electrons. The first-order valence-corrected chi connectivity index (χ1v) is 11.2. The quantitative estimate of drug-likeness (QED) is 0.483. The minimum atomic E-state index is -0.285. The molecule has 2 atom stereocenters. The van der Waals surface area contributed by atoms with Crippen LogP contribution >= 0.6 is 23.3 Å². The highest BCUT2D eigenvalue weighted by Crippen LogP contribution is 2.34. The minimum absolute atomic E-state index is 0.0405. The molecule has 1 aromatic carbocycles. The van der Waals surface area contributed by atoms with Gasteiger partial charge in [-0.1, -0.05) is 31.5 Å². The third-order valence-electron chi connectivity index (χ3n) is 5.14. The van der Waals surface area contributed by atoms with Crippen LogP contribution in [0.2, 0.25) is 0 Å². The zero-order valence-corrected chi connectivity index (χ0v) is 17.2. The Hall–Kier alpha value is -2.06. The molecule has 4 rings (SSSR count). The van der Waals surface area contributed by atoms with E-state index in [4.69, 9.17) is 0 Å². The summed E-state index contributed by atoms with van der Waals surface area (Å²) in [5.74, 6) is 0.610. The van der Waals surface area contributed by atoms with Gasteiger partial charge in [0, 0.05) is 11.6 Å². The maximum atomic E-state index is 13.2. The summed E-state index contributed by atoms with van der Waals surface area (Å²) in [6.45, 7) is 2.21. The monoisotopic (exact) mass is 416 g/mol. The van der Waals surface area contributed by atoms with E-state index in [0.29, 0.717) is 17.4 Å². The van der Waals surface area contributed by atoms with Gasteiger partial charge in [-0.25, -0.2) is 14.4 Å². The van der Waals surface area contributed by atoms with Gasteiger partial charge >= 0.3 is 0 Å². The van der Waals surface area contributed by atoms with Crippen LogP contribution in [0.15, 0.2) is 35.6 Å². The topological polar surface area (TPSA) is 67.8 Å². The molecular weight excluding hydrogens is 395 g/mol. The zero-order chi connectivity index (χ0) is 19.5. The first kappa shape index (κ1) is 19.3. The Morgan fingerprint density at radius 2 is 2.04 bits per heavy atom. The fraction of sp³-hybridized carbons (Fsp3) is 0.400. The van der Waals surface area contributed by atoms with Crippen molar-refractivity contribution in [3.05, 3.63) is 36.4 Å². The Bertz CT molecular complexity index is 976. The summed E-state index contributed by atoms with van der Waals surface area (Å²) >= 11 is 2.71. The largest absolute Gasteiger partial charge is 0.352 e. The Morgan fingerprint density at radius 1 is 1.25 bits per heavy atom. The number of carbonyl (C=O) groups is 1. The molecule has 0 saturated heterocycles. The van der Waals surface area contributed by atoms with Crippen LogP contribution in [0.4, 0.5) is 4.39 Å². The lowest BCUT2D eigenvalue weighted by atomic mass is 9.86. The van der Waals surface area contributed by atoms with Crippen LogP contribution in [0.5, 0.6) is 0 Å². The average molecular weight is 417 g/mol. The van der Waals surface area contributed by atoms with Gasteiger partial charge in [0.15, 0.2) is 0 Å². The number of thioether (sulfide) groups is 1. The summed E-state index contributed by atoms with van der Waals surface area (Å²) in [5, 5.41) is 3.92. The molecule has 0 spiro atoms. The summed E-state index contributed by atoms with van der Waals surface area (Å²) in [5.41, 5.74) is 2.26. The molecule has 1 amide bonds. The second-order valence-corrected chi connectivity index (χ2v) is 8.86. The second-order valence-electron chi connectivity index (χ2n) is 7.12. The fourth-order valence-electron chi connectivity index (χ4n) is 3.56. The summed E-state index contributed by atoms with van der Waals surface area (Å²) in [6, 6.07) is 6.48. The van der Waals surface area contributed by atoms with Crippen molar-refractivity contribution < 1.29 is 9.18 Å². The third kappa shape index (κ3) is 4.17. The van der Waals surface area contributed by atoms with Crippen LogP contribution in [-0.2, 0) is 4.79 Å². The summed E-state index contributed by atoms with van der Waals surface area (Å²) in [6.07, 6.45) is 6.17. The second kappa shape index (κ2) is 8.53. The zero-order valence-electron chi connectivity index (χ0n) is 15.5. The molecule has 0 radical (unpaired) electrons. The van der Waals surface area contributed by atoms with Crippen molar-refractivity contribution in [1.29, 1.82) is 0 Å². The number of hydrogen-bond acceptors (Lipinski definition) is 6. The van der Waals surface area contributed by atoms with E-state index < -0.39 is 0 Å². The van der Waals surface area contributed by atoms with E-state index >= 15 is 0 Å². The van der Waals surface area contributed by atoms with Crippen LogP contribution in [0.1, 0.15) is 32.6 Å². The molecule has 0 unspecified atom stereocenters. The standard InChI is InChI=1S/C20H21FN4OS2/c1-12-4-2-3-5-15(12)24-16(26)10-27-20-19-18(22-11-23-20)17(25-28-19)13-6-8-14(21)9-7-13/h6-9,11-12,15H,2-5,10H2,1H3,(H,24,26)/t12-,15+/m1/s1. The Kier molecular flexibility index (Phi) is 5.87. The third-order valence-corrected chi connectivity index (χ3v) is 7.10. The smallest absolute Gasteiger partial charge is 0.230 e. The normalized spacial score (nSPS) is 19.6. The van der Waals surface area contributed by atoms with Crippen LogP contribution in [0, 0.1) is 11.7 Å². The molecule has 0 bridgehead atoms. The first-order chi connectivity index (χ1) is 13.6. The predicted octanol–water partition coefficient (Wildman–Crippen LogP) is 4.68. The van der Waals surface area contributed by atoms with Gasteiger partial charge in [0.1, 0.15) is 33.1 Å². The van der Waals surface area contributed by atoms with Crippen LogP contribution in [0.3, 0.4) is 0 Å². The lowest BCUT2D eigenvalue weighted by Crippen LogP contribution is -2.41. The molecule has 28 heavy (non-hydrogen) atoms. The summed E-state index contributed by atoms with van der Waals surface area (Å²) in [4.78, 5) is 21.1. The number of benzene rings is 1. The number of fused-ring (bicyclic) bond motifs is 1. The highest BCUT2D eigenvalue weighted by molar-refractivity contribution is 8.00. The lowest BCUT2D eigenvalue weighted by molar-refractivity contribution is -0.119. The fourth-order valence-corrected chi connectivity index (χ4v) is 5.29. The van der Waals surface area contributed by atoms with Crippen molar-refractivity contribution in [3.63, 3.8) is 0 Å². The number of nitrogens with one attached hydrogen (secondary N) is 1. The molecule has 2 aromatic heterocycles. The van der Waals surface area contributed by atoms with Gasteiger partial charge in [0.2, 0.25) is 5.91 Å². The van der Waals surface area contributed by atoms with Crippen molar-refractivity contribution in [3.8, 4) is 11.3 Å². The maximum Gasteiger partial charge on any atom is 0.230 e. The van der Waals surface area contributed by atoms with Crippen LogP contribution < -0.4 is 5.32 Å². The van der Waals surface area contributed by atoms with Gasteiger partial charge in [0.05, 0.1) is 5.75 Å². The van der Waals surface area contributed by atoms with Gasteiger partial charge in [-0.05, 0) is 54.6 Å². The van der Waals surface area contributed by atoms with Crippen molar-refractivity contribution in [1.82, 2.24) is 19.7 Å². The van der Waals surface area contributed by atoms with E-state index in [2.05, 4.69) is 26.6 Å². The summed E-state index contributed by atoms with van der Waals surface area (Å²) in [7, 11) is 0. The number of aromatic nitrogens is 3. The molecule has 5 nitrogen and oxygen atoms in total. The van der Waals surface area contributed by atoms with Crippen molar-refractivity contribution in [2.75, 3.05) is 5.75 Å². The van der Waals surface area contributed by atoms with Crippen molar-refractivity contribution in [2.24, 2.45) is 5.92 Å². The van der Waals surface area contributed by atoms with Gasteiger partial charge in [-0.2, -0.15) is 4.37 Å². The number of nitrogens with zero attached hydrogens (tertiary/aromatic N) is 3. The van der Waals surface area contributed by atoms with E-state index in [9.17, 15) is 9.18 Å². The number of halogens is 1. The first-order valence-electron chi connectivity index (χ1n) is 9.40. The Labute approximate surface area is 171 Å². The van der Waals surface area contributed by atoms with Crippen molar-refractivity contribution >= 4 is 39.4 Å².